The summed E-state index contributed by atoms with van der Waals surface area (Å²) in [6.07, 6.45) is 0.0440. The molecule has 1 aromatic carbocycles. The topological polar surface area (TPSA) is 70.5 Å². The first kappa shape index (κ1) is 13.5. The van der Waals surface area contributed by atoms with Crippen LogP contribution in [0.15, 0.2) is 36.4 Å². The third-order valence-corrected chi connectivity index (χ3v) is 4.01. The van der Waals surface area contributed by atoms with Crippen LogP contribution < -0.4 is 0 Å². The summed E-state index contributed by atoms with van der Waals surface area (Å²) in [5, 5.41) is 10.4. The number of likely N-dealkylation sites (tertiary alicyclic amines) is 1. The Labute approximate surface area is 122 Å². The molecule has 0 spiro atoms. The maximum atomic E-state index is 12.0. The maximum absolute atomic E-state index is 12.0. The van der Waals surface area contributed by atoms with Crippen LogP contribution in [0.25, 0.3) is 10.9 Å². The quantitative estimate of drug-likeness (QED) is 0.938. The fraction of sp³-hybridized carbons (Fsp3) is 0.312. The highest BCUT2D eigenvalue weighted by Crippen LogP contribution is 2.37. The number of rotatable bonds is 3. The van der Waals surface area contributed by atoms with Gasteiger partial charge in [0, 0.05) is 18.4 Å². The van der Waals surface area contributed by atoms with E-state index in [1.165, 1.54) is 0 Å². The lowest BCUT2D eigenvalue weighted by Gasteiger charge is -2.25. The highest BCUT2D eigenvalue weighted by atomic mass is 16.4. The van der Waals surface area contributed by atoms with Gasteiger partial charge in [0.1, 0.15) is 0 Å². The van der Waals surface area contributed by atoms with Gasteiger partial charge in [-0.3, -0.25) is 14.6 Å². The summed E-state index contributed by atoms with van der Waals surface area (Å²) in [7, 11) is 0. The molecule has 0 bridgehead atoms. The molecule has 1 saturated heterocycles. The van der Waals surface area contributed by atoms with Crippen LogP contribution in [0.1, 0.15) is 25.1 Å². The van der Waals surface area contributed by atoms with Gasteiger partial charge >= 0.3 is 5.97 Å². The number of benzene rings is 1. The second kappa shape index (κ2) is 5.16. The predicted octanol–water partition coefficient (Wildman–Crippen LogP) is 2.23. The summed E-state index contributed by atoms with van der Waals surface area (Å²) >= 11 is 0. The number of nitrogens with zero attached hydrogens (tertiary/aromatic N) is 2. The maximum Gasteiger partial charge on any atom is 0.309 e. The lowest BCUT2D eigenvalue weighted by atomic mass is 9.96. The summed E-state index contributed by atoms with van der Waals surface area (Å²) in [5.74, 6) is -1.80. The molecule has 2 heterocycles. The van der Waals surface area contributed by atoms with Crippen molar-refractivity contribution in [2.45, 2.75) is 19.4 Å². The van der Waals surface area contributed by atoms with E-state index in [2.05, 4.69) is 4.98 Å². The van der Waals surface area contributed by atoms with Crippen molar-refractivity contribution in [3.8, 4) is 0 Å². The van der Waals surface area contributed by atoms with Crippen LogP contribution in [0.2, 0.25) is 0 Å². The van der Waals surface area contributed by atoms with E-state index in [1.807, 2.05) is 43.3 Å². The number of carboxylic acids is 1. The van der Waals surface area contributed by atoms with Crippen LogP contribution in [0, 0.1) is 5.92 Å². The van der Waals surface area contributed by atoms with Crippen molar-refractivity contribution in [2.75, 3.05) is 6.54 Å². The number of fused-ring (bicyclic) bond motifs is 1. The van der Waals surface area contributed by atoms with Crippen LogP contribution in [-0.4, -0.2) is 33.4 Å². The molecule has 5 heteroatoms. The zero-order valence-corrected chi connectivity index (χ0v) is 11.7. The summed E-state index contributed by atoms with van der Waals surface area (Å²) in [5.41, 5.74) is 1.46. The molecule has 2 aromatic rings. The second-order valence-electron chi connectivity index (χ2n) is 5.20. The second-order valence-corrected chi connectivity index (χ2v) is 5.20. The van der Waals surface area contributed by atoms with Crippen molar-refractivity contribution in [1.82, 2.24) is 9.88 Å². The molecule has 1 fully saturated rings. The Morgan fingerprint density at radius 3 is 2.81 bits per heavy atom. The zero-order valence-electron chi connectivity index (χ0n) is 11.7. The van der Waals surface area contributed by atoms with E-state index in [9.17, 15) is 14.7 Å². The smallest absolute Gasteiger partial charge is 0.309 e. The van der Waals surface area contributed by atoms with Crippen molar-refractivity contribution in [3.63, 3.8) is 0 Å². The Hall–Kier alpha value is -2.43. The van der Waals surface area contributed by atoms with Crippen LogP contribution >= 0.6 is 0 Å². The van der Waals surface area contributed by atoms with Crippen molar-refractivity contribution in [1.29, 1.82) is 0 Å². The van der Waals surface area contributed by atoms with E-state index < -0.39 is 17.9 Å². The number of aromatic nitrogens is 1. The Kier molecular flexibility index (Phi) is 3.33. The molecule has 0 radical (unpaired) electrons. The minimum Gasteiger partial charge on any atom is -0.481 e. The zero-order chi connectivity index (χ0) is 15.0. The lowest BCUT2D eigenvalue weighted by Crippen LogP contribution is -2.31. The van der Waals surface area contributed by atoms with Crippen LogP contribution in [0.3, 0.4) is 0 Å². The van der Waals surface area contributed by atoms with E-state index in [-0.39, 0.29) is 12.3 Å². The van der Waals surface area contributed by atoms with Crippen molar-refractivity contribution in [2.24, 2.45) is 5.92 Å². The molecule has 1 amide bonds. The molecule has 21 heavy (non-hydrogen) atoms. The molecule has 1 aromatic heterocycles. The molecule has 2 atom stereocenters. The molecule has 5 nitrogen and oxygen atoms in total. The minimum atomic E-state index is -0.945. The van der Waals surface area contributed by atoms with Gasteiger partial charge in [-0.2, -0.15) is 0 Å². The van der Waals surface area contributed by atoms with Gasteiger partial charge in [0.2, 0.25) is 5.91 Å². The number of amides is 1. The summed E-state index contributed by atoms with van der Waals surface area (Å²) in [4.78, 5) is 29.6. The van der Waals surface area contributed by atoms with Gasteiger partial charge in [0.15, 0.2) is 0 Å². The van der Waals surface area contributed by atoms with Crippen molar-refractivity contribution in [3.05, 3.63) is 42.1 Å². The van der Waals surface area contributed by atoms with Crippen molar-refractivity contribution >= 4 is 22.8 Å². The number of carbonyl (C=O) groups is 2. The summed E-state index contributed by atoms with van der Waals surface area (Å²) in [6, 6.07) is 10.9. The molecule has 1 aliphatic rings. The third-order valence-electron chi connectivity index (χ3n) is 4.01. The number of hydrogen-bond acceptors (Lipinski definition) is 3. The van der Waals surface area contributed by atoms with Gasteiger partial charge in [0.25, 0.3) is 0 Å². The van der Waals surface area contributed by atoms with Crippen LogP contribution in [0.4, 0.5) is 0 Å². The lowest BCUT2D eigenvalue weighted by molar-refractivity contribution is -0.142. The Morgan fingerprint density at radius 2 is 2.10 bits per heavy atom. The van der Waals surface area contributed by atoms with Gasteiger partial charge in [0.05, 0.1) is 23.2 Å². The normalized spacial score (nSPS) is 22.0. The molecule has 2 unspecified atom stereocenters. The molecule has 108 valence electrons. The monoisotopic (exact) mass is 284 g/mol. The molecular formula is C16H16N2O3. The SMILES string of the molecule is CCN1C(=O)CC(C(=O)O)C1c1ccc2ccccc2n1. The van der Waals surface area contributed by atoms with E-state index in [0.717, 1.165) is 10.9 Å². The van der Waals surface area contributed by atoms with Gasteiger partial charge in [-0.15, -0.1) is 0 Å². The number of carboxylic acid groups (broad SMARTS) is 1. The highest BCUT2D eigenvalue weighted by Gasteiger charge is 2.44. The van der Waals surface area contributed by atoms with E-state index in [4.69, 9.17) is 0 Å². The number of pyridine rings is 1. The summed E-state index contributed by atoms with van der Waals surface area (Å²) in [6.45, 7) is 2.35. The molecular weight excluding hydrogens is 268 g/mol. The highest BCUT2D eigenvalue weighted by molar-refractivity contribution is 5.87. The summed E-state index contributed by atoms with van der Waals surface area (Å²) < 4.78 is 0. The Balaban J connectivity index is 2.08. The number of hydrogen-bond donors (Lipinski definition) is 1. The van der Waals surface area contributed by atoms with Gasteiger partial charge in [-0.05, 0) is 19.1 Å². The number of para-hydroxylation sites is 1. The minimum absolute atomic E-state index is 0.0440. The Morgan fingerprint density at radius 1 is 1.33 bits per heavy atom. The van der Waals surface area contributed by atoms with E-state index in [1.54, 1.807) is 4.90 Å². The van der Waals surface area contributed by atoms with Gasteiger partial charge in [-0.25, -0.2) is 0 Å². The third kappa shape index (κ3) is 2.24. The predicted molar refractivity (Wildman–Crippen MR) is 77.6 cm³/mol. The first-order valence-corrected chi connectivity index (χ1v) is 6.99. The molecule has 0 saturated carbocycles. The van der Waals surface area contributed by atoms with E-state index >= 15 is 0 Å². The molecule has 3 rings (SSSR count). The van der Waals surface area contributed by atoms with Gasteiger partial charge < -0.3 is 10.0 Å². The average Bonchev–Trinajstić information content (AvgIpc) is 2.83. The van der Waals surface area contributed by atoms with Crippen LogP contribution in [-0.2, 0) is 9.59 Å². The first-order valence-electron chi connectivity index (χ1n) is 6.99. The average molecular weight is 284 g/mol. The standard InChI is InChI=1S/C16H16N2O3/c1-2-18-14(19)9-11(16(20)21)15(18)13-8-7-10-5-3-4-6-12(10)17-13/h3-8,11,15H,2,9H2,1H3,(H,20,21). The number of aliphatic carboxylic acids is 1. The van der Waals surface area contributed by atoms with Crippen molar-refractivity contribution < 1.29 is 14.7 Å². The molecule has 0 aliphatic carbocycles. The van der Waals surface area contributed by atoms with Crippen LogP contribution in [0.5, 0.6) is 0 Å². The largest absolute Gasteiger partial charge is 0.481 e. The molecule has 1 aliphatic heterocycles. The Bertz CT molecular complexity index is 713. The van der Waals surface area contributed by atoms with E-state index in [0.29, 0.717) is 12.2 Å². The fourth-order valence-electron chi connectivity index (χ4n) is 3.00. The van der Waals surface area contributed by atoms with Gasteiger partial charge in [-0.1, -0.05) is 24.3 Å². The molecule has 1 N–H and O–H groups in total. The fourth-order valence-corrected chi connectivity index (χ4v) is 3.00. The number of carbonyl (C=O) groups excluding carboxylic acids is 1. The first-order chi connectivity index (χ1) is 10.1.